The highest BCUT2D eigenvalue weighted by molar-refractivity contribution is 6.22. The van der Waals surface area contributed by atoms with Crippen LogP contribution in [-0.4, -0.2) is 0 Å². The lowest BCUT2D eigenvalue weighted by atomic mass is 9.86. The van der Waals surface area contributed by atoms with Crippen molar-refractivity contribution < 1.29 is 9.15 Å². The molecule has 0 spiro atoms. The van der Waals surface area contributed by atoms with Crippen molar-refractivity contribution in [1.29, 1.82) is 0 Å². The number of fused-ring (bicyclic) bond motifs is 6. The summed E-state index contributed by atoms with van der Waals surface area (Å²) < 4.78 is 12.6. The Bertz CT molecular complexity index is 2260. The fraction of sp³-hybridized carbons (Fsp3) is 0.0256. The number of para-hydroxylation sites is 1. The molecule has 1 N–H and O–H groups in total. The summed E-state index contributed by atoms with van der Waals surface area (Å²) in [6, 6.07) is 49.2. The Morgan fingerprint density at radius 1 is 0.452 bits per heavy atom. The van der Waals surface area contributed by atoms with Crippen molar-refractivity contribution in [1.82, 2.24) is 0 Å². The smallest absolute Gasteiger partial charge is 0.196 e. The van der Waals surface area contributed by atoms with Gasteiger partial charge < -0.3 is 14.5 Å². The number of ether oxygens (including phenoxy) is 1. The fourth-order valence-electron chi connectivity index (χ4n) is 6.61. The van der Waals surface area contributed by atoms with E-state index in [0.717, 1.165) is 50.1 Å². The highest BCUT2D eigenvalue weighted by atomic mass is 16.5. The van der Waals surface area contributed by atoms with Crippen LogP contribution in [0.2, 0.25) is 0 Å². The second kappa shape index (κ2) is 8.98. The van der Waals surface area contributed by atoms with Crippen LogP contribution in [0.25, 0.3) is 65.7 Å². The maximum Gasteiger partial charge on any atom is 0.196 e. The standard InChI is InChI=1S/C39H25NO2/c1-2-10-24(11-3-1)39-40-33-22-25(19-21-35(33)42-39)37-29-13-4-6-15-31(29)38(32-16-7-5-14-30(32)37)26-18-20-28-27-12-8-9-17-34(27)41-36(28)23-26/h1-23,39-40H. The van der Waals surface area contributed by atoms with E-state index >= 15 is 0 Å². The molecule has 9 rings (SSSR count). The monoisotopic (exact) mass is 539 g/mol. The first-order valence-electron chi connectivity index (χ1n) is 14.3. The van der Waals surface area contributed by atoms with E-state index in [9.17, 15) is 0 Å². The Morgan fingerprint density at radius 2 is 1.00 bits per heavy atom. The maximum atomic E-state index is 6.30. The van der Waals surface area contributed by atoms with Crippen LogP contribution in [0.15, 0.2) is 144 Å². The molecule has 1 aliphatic heterocycles. The van der Waals surface area contributed by atoms with Gasteiger partial charge in [-0.1, -0.05) is 109 Å². The summed E-state index contributed by atoms with van der Waals surface area (Å²) in [6.45, 7) is 0. The highest BCUT2D eigenvalue weighted by Crippen LogP contribution is 2.47. The average Bonchev–Trinajstić information content (AvgIpc) is 3.65. The number of anilines is 1. The zero-order valence-corrected chi connectivity index (χ0v) is 22.7. The molecule has 0 bridgehead atoms. The molecule has 198 valence electrons. The lowest BCUT2D eigenvalue weighted by molar-refractivity contribution is 0.260. The Labute approximate surface area is 242 Å². The van der Waals surface area contributed by atoms with Gasteiger partial charge in [-0.25, -0.2) is 0 Å². The predicted molar refractivity (Wildman–Crippen MR) is 173 cm³/mol. The summed E-state index contributed by atoms with van der Waals surface area (Å²) >= 11 is 0. The van der Waals surface area contributed by atoms with Gasteiger partial charge in [0.15, 0.2) is 6.23 Å². The van der Waals surface area contributed by atoms with E-state index in [1.54, 1.807) is 0 Å². The molecule has 0 amide bonds. The molecule has 42 heavy (non-hydrogen) atoms. The predicted octanol–water partition coefficient (Wildman–Crippen LogP) is 10.7. The van der Waals surface area contributed by atoms with E-state index in [2.05, 4.69) is 115 Å². The third kappa shape index (κ3) is 3.47. The van der Waals surface area contributed by atoms with Crippen LogP contribution in [0, 0.1) is 0 Å². The molecule has 0 aliphatic carbocycles. The molecule has 1 aromatic heterocycles. The van der Waals surface area contributed by atoms with Crippen molar-refractivity contribution in [3.05, 3.63) is 145 Å². The molecular formula is C39H25NO2. The fourth-order valence-corrected chi connectivity index (χ4v) is 6.61. The number of hydrogen-bond donors (Lipinski definition) is 1. The van der Waals surface area contributed by atoms with Gasteiger partial charge in [0, 0.05) is 16.3 Å². The summed E-state index contributed by atoms with van der Waals surface area (Å²) in [7, 11) is 0. The van der Waals surface area contributed by atoms with Gasteiger partial charge in [0.1, 0.15) is 16.9 Å². The van der Waals surface area contributed by atoms with Crippen molar-refractivity contribution in [2.75, 3.05) is 5.32 Å². The summed E-state index contributed by atoms with van der Waals surface area (Å²) in [4.78, 5) is 0. The molecule has 7 aromatic carbocycles. The van der Waals surface area contributed by atoms with Crippen LogP contribution in [0.5, 0.6) is 5.75 Å². The molecule has 8 aromatic rings. The molecule has 1 aliphatic rings. The Morgan fingerprint density at radius 3 is 1.69 bits per heavy atom. The van der Waals surface area contributed by atoms with Gasteiger partial charge in [-0.15, -0.1) is 0 Å². The molecule has 0 fully saturated rings. The van der Waals surface area contributed by atoms with E-state index in [1.807, 2.05) is 30.3 Å². The molecule has 2 heterocycles. The highest BCUT2D eigenvalue weighted by Gasteiger charge is 2.25. The van der Waals surface area contributed by atoms with Gasteiger partial charge in [-0.2, -0.15) is 0 Å². The topological polar surface area (TPSA) is 34.4 Å². The summed E-state index contributed by atoms with van der Waals surface area (Å²) in [5, 5.41) is 10.7. The molecular weight excluding hydrogens is 514 g/mol. The average molecular weight is 540 g/mol. The summed E-state index contributed by atoms with van der Waals surface area (Å²) in [5.74, 6) is 0.872. The lowest BCUT2D eigenvalue weighted by Crippen LogP contribution is -2.09. The van der Waals surface area contributed by atoms with Crippen molar-refractivity contribution in [2.45, 2.75) is 6.23 Å². The van der Waals surface area contributed by atoms with Gasteiger partial charge in [-0.05, 0) is 74.1 Å². The SMILES string of the molecule is c1ccc(C2Nc3cc(-c4c5ccccc5c(-c5ccc6c(c5)oc5ccccc56)c5ccccc45)ccc3O2)cc1. The second-order valence-electron chi connectivity index (χ2n) is 10.9. The van der Waals surface area contributed by atoms with Crippen molar-refractivity contribution in [3.63, 3.8) is 0 Å². The van der Waals surface area contributed by atoms with Gasteiger partial charge in [0.25, 0.3) is 0 Å². The Hall–Kier alpha value is -5.54. The first kappa shape index (κ1) is 23.2. The van der Waals surface area contributed by atoms with Crippen molar-refractivity contribution >= 4 is 49.2 Å². The minimum absolute atomic E-state index is 0.194. The number of benzene rings is 7. The van der Waals surface area contributed by atoms with E-state index in [1.165, 1.54) is 32.7 Å². The van der Waals surface area contributed by atoms with Crippen LogP contribution in [0.3, 0.4) is 0 Å². The van der Waals surface area contributed by atoms with E-state index in [0.29, 0.717) is 0 Å². The normalized spacial score (nSPS) is 14.3. The van der Waals surface area contributed by atoms with Crippen LogP contribution in [-0.2, 0) is 0 Å². The molecule has 1 unspecified atom stereocenters. The van der Waals surface area contributed by atoms with Gasteiger partial charge in [0.05, 0.1) is 5.69 Å². The van der Waals surface area contributed by atoms with Crippen LogP contribution in [0.4, 0.5) is 5.69 Å². The first-order chi connectivity index (χ1) is 20.8. The minimum Gasteiger partial charge on any atom is -0.464 e. The second-order valence-corrected chi connectivity index (χ2v) is 10.9. The van der Waals surface area contributed by atoms with Crippen molar-refractivity contribution in [3.8, 4) is 28.0 Å². The van der Waals surface area contributed by atoms with E-state index in [-0.39, 0.29) is 6.23 Å². The summed E-state index contributed by atoms with van der Waals surface area (Å²) in [6.07, 6.45) is -0.194. The lowest BCUT2D eigenvalue weighted by Gasteiger charge is -2.18. The molecule has 0 saturated heterocycles. The Kier molecular flexibility index (Phi) is 4.96. The quantitative estimate of drug-likeness (QED) is 0.227. The summed E-state index contributed by atoms with van der Waals surface area (Å²) in [5.41, 5.74) is 8.69. The maximum absolute atomic E-state index is 6.30. The number of furan rings is 1. The van der Waals surface area contributed by atoms with E-state index in [4.69, 9.17) is 9.15 Å². The number of hydrogen-bond acceptors (Lipinski definition) is 3. The zero-order valence-electron chi connectivity index (χ0n) is 22.7. The first-order valence-corrected chi connectivity index (χ1v) is 14.3. The van der Waals surface area contributed by atoms with E-state index < -0.39 is 0 Å². The van der Waals surface area contributed by atoms with Gasteiger partial charge in [-0.3, -0.25) is 0 Å². The molecule has 0 saturated carbocycles. The third-order valence-corrected chi connectivity index (χ3v) is 8.50. The van der Waals surface area contributed by atoms with Crippen LogP contribution in [0.1, 0.15) is 11.8 Å². The molecule has 1 atom stereocenters. The van der Waals surface area contributed by atoms with Crippen LogP contribution >= 0.6 is 0 Å². The van der Waals surface area contributed by atoms with Gasteiger partial charge >= 0.3 is 0 Å². The molecule has 3 nitrogen and oxygen atoms in total. The zero-order chi connectivity index (χ0) is 27.6. The van der Waals surface area contributed by atoms with Crippen LogP contribution < -0.4 is 10.1 Å². The number of nitrogens with one attached hydrogen (secondary N) is 1. The molecule has 3 heteroatoms. The minimum atomic E-state index is -0.194. The third-order valence-electron chi connectivity index (χ3n) is 8.50. The largest absolute Gasteiger partial charge is 0.464 e. The molecule has 0 radical (unpaired) electrons. The van der Waals surface area contributed by atoms with Crippen molar-refractivity contribution in [2.24, 2.45) is 0 Å². The van der Waals surface area contributed by atoms with Gasteiger partial charge in [0.2, 0.25) is 0 Å². The number of rotatable bonds is 3. The Balaban J connectivity index is 1.25.